The van der Waals surface area contributed by atoms with Crippen LogP contribution in [0.4, 0.5) is 22.0 Å². The van der Waals surface area contributed by atoms with Gasteiger partial charge in [-0.05, 0) is 0 Å². The fourth-order valence-electron chi connectivity index (χ4n) is 1.16. The molecule has 0 amide bonds. The number of aromatic amines is 1. The number of H-pyrrole nitrogens is 1. The number of hydrogen-bond donors (Lipinski definition) is 2. The largest absolute Gasteiger partial charge is 0.477 e. The van der Waals surface area contributed by atoms with Crippen LogP contribution in [-0.4, -0.2) is 16.1 Å². The second-order valence-electron chi connectivity index (χ2n) is 2.92. The van der Waals surface area contributed by atoms with Gasteiger partial charge in [-0.15, -0.1) is 0 Å². The molecule has 1 aromatic rings. The molecule has 0 aliphatic carbocycles. The molecule has 1 rings (SSSR count). The molecule has 4 nitrogen and oxygen atoms in total. The molecule has 0 saturated carbocycles. The number of nitrogens with one attached hydrogen (secondary N) is 1. The molecule has 94 valence electrons. The van der Waals surface area contributed by atoms with Gasteiger partial charge >= 0.3 is 12.1 Å². The number of halogens is 5. The van der Waals surface area contributed by atoms with Gasteiger partial charge < -0.3 is 10.1 Å². The van der Waals surface area contributed by atoms with E-state index in [0.717, 1.165) is 0 Å². The fraction of sp³-hybridized carbons (Fsp3) is 0.250. The lowest BCUT2D eigenvalue weighted by molar-refractivity contribution is -0.140. The third kappa shape index (κ3) is 2.43. The second-order valence-corrected chi connectivity index (χ2v) is 2.92. The summed E-state index contributed by atoms with van der Waals surface area (Å²) in [6.45, 7) is 0. The van der Waals surface area contributed by atoms with Gasteiger partial charge in [-0.2, -0.15) is 13.2 Å². The van der Waals surface area contributed by atoms with Gasteiger partial charge in [0.1, 0.15) is 11.1 Å². The van der Waals surface area contributed by atoms with Crippen LogP contribution in [0.15, 0.2) is 11.0 Å². The summed E-state index contributed by atoms with van der Waals surface area (Å²) in [6, 6.07) is 0. The molecule has 0 unspecified atom stereocenters. The molecule has 17 heavy (non-hydrogen) atoms. The van der Waals surface area contributed by atoms with Crippen LogP contribution in [0.2, 0.25) is 0 Å². The van der Waals surface area contributed by atoms with Gasteiger partial charge in [0.05, 0.1) is 5.69 Å². The number of carboxylic acids is 1. The van der Waals surface area contributed by atoms with Crippen molar-refractivity contribution in [2.45, 2.75) is 12.6 Å². The van der Waals surface area contributed by atoms with Crippen LogP contribution in [0.5, 0.6) is 0 Å². The lowest BCUT2D eigenvalue weighted by atomic mass is 10.1. The quantitative estimate of drug-likeness (QED) is 0.796. The normalized spacial score (nSPS) is 11.9. The molecule has 0 aliphatic rings. The van der Waals surface area contributed by atoms with E-state index in [0.29, 0.717) is 6.20 Å². The Morgan fingerprint density at radius 3 is 2.24 bits per heavy atom. The Bertz CT molecular complexity index is 505. The van der Waals surface area contributed by atoms with Gasteiger partial charge in [-0.3, -0.25) is 4.79 Å². The Labute approximate surface area is 89.7 Å². The number of rotatable bonds is 2. The number of aromatic carboxylic acids is 1. The Hall–Kier alpha value is -1.93. The zero-order chi connectivity index (χ0) is 13.4. The highest BCUT2D eigenvalue weighted by molar-refractivity contribution is 5.87. The van der Waals surface area contributed by atoms with Crippen LogP contribution >= 0.6 is 0 Å². The van der Waals surface area contributed by atoms with Gasteiger partial charge in [0.2, 0.25) is 5.43 Å². The first-order valence-corrected chi connectivity index (χ1v) is 4.00. The Balaban J connectivity index is 3.66. The molecule has 1 heterocycles. The van der Waals surface area contributed by atoms with E-state index in [1.807, 2.05) is 0 Å². The van der Waals surface area contributed by atoms with E-state index in [4.69, 9.17) is 5.11 Å². The number of hydrogen-bond acceptors (Lipinski definition) is 2. The number of pyridine rings is 1. The minimum Gasteiger partial charge on any atom is -0.477 e. The van der Waals surface area contributed by atoms with Crippen LogP contribution in [0.25, 0.3) is 0 Å². The van der Waals surface area contributed by atoms with Gasteiger partial charge in [-0.25, -0.2) is 13.6 Å². The van der Waals surface area contributed by atoms with Crippen molar-refractivity contribution in [2.75, 3.05) is 0 Å². The van der Waals surface area contributed by atoms with Crippen molar-refractivity contribution < 1.29 is 31.9 Å². The monoisotopic (exact) mass is 257 g/mol. The predicted molar refractivity (Wildman–Crippen MR) is 44.0 cm³/mol. The topological polar surface area (TPSA) is 70.2 Å². The third-order valence-electron chi connectivity index (χ3n) is 1.85. The van der Waals surface area contributed by atoms with Crippen LogP contribution in [0, 0.1) is 0 Å². The Morgan fingerprint density at radius 2 is 1.88 bits per heavy atom. The molecule has 0 radical (unpaired) electrons. The van der Waals surface area contributed by atoms with E-state index in [2.05, 4.69) is 0 Å². The van der Waals surface area contributed by atoms with E-state index in [1.165, 1.54) is 4.98 Å². The highest BCUT2D eigenvalue weighted by Gasteiger charge is 2.40. The van der Waals surface area contributed by atoms with E-state index >= 15 is 0 Å². The average Bonchev–Trinajstić information content (AvgIpc) is 2.14. The lowest BCUT2D eigenvalue weighted by Crippen LogP contribution is -2.28. The van der Waals surface area contributed by atoms with Crippen molar-refractivity contribution in [1.29, 1.82) is 0 Å². The molecule has 0 atom stereocenters. The Morgan fingerprint density at radius 1 is 1.35 bits per heavy atom. The van der Waals surface area contributed by atoms with Crippen molar-refractivity contribution in [1.82, 2.24) is 4.98 Å². The fourth-order valence-corrected chi connectivity index (χ4v) is 1.16. The Kier molecular flexibility index (Phi) is 3.21. The van der Waals surface area contributed by atoms with E-state index in [9.17, 15) is 31.5 Å². The van der Waals surface area contributed by atoms with E-state index in [-0.39, 0.29) is 0 Å². The van der Waals surface area contributed by atoms with Gasteiger partial charge in [0.15, 0.2) is 0 Å². The number of alkyl halides is 5. The minimum absolute atomic E-state index is 0.307. The van der Waals surface area contributed by atoms with Crippen molar-refractivity contribution in [3.05, 3.63) is 33.2 Å². The van der Waals surface area contributed by atoms with Crippen LogP contribution in [-0.2, 0) is 6.18 Å². The molecule has 0 saturated heterocycles. The van der Waals surface area contributed by atoms with Crippen LogP contribution in [0.1, 0.15) is 28.0 Å². The molecule has 0 spiro atoms. The standard InChI is InChI=1S/C8H4F5NO3/c9-6(10)4-3(8(11,12)13)5(15)2(1-14-4)7(16)17/h1,6H,(H,14,15)(H,16,17). The molecule has 0 aromatic carbocycles. The SMILES string of the molecule is O=C(O)c1c[nH]c(C(F)F)c(C(F)(F)F)c1=O. The van der Waals surface area contributed by atoms with Crippen molar-refractivity contribution in [3.8, 4) is 0 Å². The van der Waals surface area contributed by atoms with Gasteiger partial charge in [0, 0.05) is 6.20 Å². The summed E-state index contributed by atoms with van der Waals surface area (Å²) in [5.74, 6) is -1.93. The van der Waals surface area contributed by atoms with Gasteiger partial charge in [-0.1, -0.05) is 0 Å². The predicted octanol–water partition coefficient (Wildman–Crippen LogP) is 2.03. The highest BCUT2D eigenvalue weighted by atomic mass is 19.4. The minimum atomic E-state index is -5.36. The molecule has 0 aliphatic heterocycles. The summed E-state index contributed by atoms with van der Waals surface area (Å²) < 4.78 is 61.6. The number of carbonyl (C=O) groups is 1. The maximum atomic E-state index is 12.4. The highest BCUT2D eigenvalue weighted by Crippen LogP contribution is 2.32. The molecule has 0 bridgehead atoms. The first kappa shape index (κ1) is 13.1. The number of aromatic nitrogens is 1. The zero-order valence-corrected chi connectivity index (χ0v) is 7.81. The van der Waals surface area contributed by atoms with Crippen LogP contribution < -0.4 is 5.43 Å². The van der Waals surface area contributed by atoms with Crippen LogP contribution in [0.3, 0.4) is 0 Å². The summed E-state index contributed by atoms with van der Waals surface area (Å²) in [5, 5.41) is 8.41. The third-order valence-corrected chi connectivity index (χ3v) is 1.85. The second kappa shape index (κ2) is 4.15. The summed E-state index contributed by atoms with van der Waals surface area (Å²) in [4.78, 5) is 23.0. The van der Waals surface area contributed by atoms with Crippen molar-refractivity contribution >= 4 is 5.97 Å². The van der Waals surface area contributed by atoms with Crippen molar-refractivity contribution in [2.24, 2.45) is 0 Å². The molecule has 1 aromatic heterocycles. The van der Waals surface area contributed by atoms with Crippen molar-refractivity contribution in [3.63, 3.8) is 0 Å². The smallest absolute Gasteiger partial charge is 0.422 e. The lowest BCUT2D eigenvalue weighted by Gasteiger charge is -2.11. The summed E-state index contributed by atoms with van der Waals surface area (Å²) in [5.41, 5.74) is -7.07. The summed E-state index contributed by atoms with van der Waals surface area (Å²) in [6.07, 6.45) is -8.62. The summed E-state index contributed by atoms with van der Waals surface area (Å²) in [7, 11) is 0. The molecular formula is C8H4F5NO3. The average molecular weight is 257 g/mol. The van der Waals surface area contributed by atoms with Gasteiger partial charge in [0.25, 0.3) is 6.43 Å². The maximum Gasteiger partial charge on any atom is 0.422 e. The van der Waals surface area contributed by atoms with E-state index in [1.54, 1.807) is 0 Å². The molecule has 2 N–H and O–H groups in total. The first-order valence-electron chi connectivity index (χ1n) is 4.00. The number of carboxylic acid groups (broad SMARTS) is 1. The molecular weight excluding hydrogens is 253 g/mol. The van der Waals surface area contributed by atoms with E-state index < -0.39 is 40.8 Å². The summed E-state index contributed by atoms with van der Waals surface area (Å²) >= 11 is 0. The maximum absolute atomic E-state index is 12.4. The molecule has 9 heteroatoms. The molecule has 0 fully saturated rings. The zero-order valence-electron chi connectivity index (χ0n) is 7.81. The first-order chi connectivity index (χ1) is 7.66.